The van der Waals surface area contributed by atoms with E-state index in [1.54, 1.807) is 32.9 Å². The summed E-state index contributed by atoms with van der Waals surface area (Å²) in [5.74, 6) is -0.977. The van der Waals surface area contributed by atoms with Crippen LogP contribution < -0.4 is 5.32 Å². The Labute approximate surface area is 150 Å². The second-order valence-corrected chi connectivity index (χ2v) is 6.90. The minimum absolute atomic E-state index is 0.168. The lowest BCUT2D eigenvalue weighted by atomic mass is 9.99. The van der Waals surface area contributed by atoms with Crippen LogP contribution in [0.15, 0.2) is 24.3 Å². The van der Waals surface area contributed by atoms with E-state index in [0.29, 0.717) is 5.33 Å². The van der Waals surface area contributed by atoms with Crippen molar-refractivity contribution in [2.45, 2.75) is 39.3 Å². The Bertz CT molecular complexity index is 609. The minimum Gasteiger partial charge on any atom is -0.461 e. The molecule has 0 fully saturated rings. The molecule has 0 bridgehead atoms. The number of ether oxygens (including phenoxy) is 2. The van der Waals surface area contributed by atoms with Gasteiger partial charge in [0.15, 0.2) is 5.78 Å². The predicted molar refractivity (Wildman–Crippen MR) is 93.7 cm³/mol. The van der Waals surface area contributed by atoms with Crippen LogP contribution in [0.1, 0.15) is 48.4 Å². The number of carbonyl (C=O) groups excluding carboxylic acids is 3. The molecule has 24 heavy (non-hydrogen) atoms. The van der Waals surface area contributed by atoms with Crippen molar-refractivity contribution in [3.63, 3.8) is 0 Å². The van der Waals surface area contributed by atoms with Crippen LogP contribution in [-0.2, 0) is 9.47 Å². The van der Waals surface area contributed by atoms with Crippen molar-refractivity contribution in [3.8, 4) is 0 Å². The topological polar surface area (TPSA) is 81.7 Å². The summed E-state index contributed by atoms with van der Waals surface area (Å²) in [6.45, 7) is 6.93. The molecular weight excluding hydrogens is 378 g/mol. The molecule has 0 aromatic heterocycles. The van der Waals surface area contributed by atoms with Gasteiger partial charge in [0.05, 0.1) is 11.6 Å². The highest BCUT2D eigenvalue weighted by Gasteiger charge is 2.25. The fourth-order valence-corrected chi connectivity index (χ4v) is 2.03. The first kappa shape index (κ1) is 20.2. The number of benzene rings is 1. The zero-order valence-corrected chi connectivity index (χ0v) is 15.8. The molecule has 1 N–H and O–H groups in total. The summed E-state index contributed by atoms with van der Waals surface area (Å²) in [5, 5.41) is 2.98. The Kier molecular flexibility index (Phi) is 7.41. The fraction of sp³-hybridized carbons (Fsp3) is 0.471. The number of esters is 1. The van der Waals surface area contributed by atoms with E-state index < -0.39 is 29.5 Å². The largest absolute Gasteiger partial charge is 0.461 e. The third kappa shape index (κ3) is 6.31. The SMILES string of the molecule is C[C@H](NC(=O)OC(C)(C)C)C(=O)c1ccccc1C(=O)OCCBr. The molecule has 0 aliphatic carbocycles. The van der Waals surface area contributed by atoms with E-state index in [9.17, 15) is 14.4 Å². The second-order valence-electron chi connectivity index (χ2n) is 6.10. The molecule has 1 amide bonds. The molecule has 0 saturated heterocycles. The lowest BCUT2D eigenvalue weighted by Crippen LogP contribution is -2.42. The number of carbonyl (C=O) groups is 3. The Hall–Kier alpha value is -1.89. The van der Waals surface area contributed by atoms with Gasteiger partial charge >= 0.3 is 12.1 Å². The van der Waals surface area contributed by atoms with Crippen LogP contribution in [0.25, 0.3) is 0 Å². The minimum atomic E-state index is -0.843. The summed E-state index contributed by atoms with van der Waals surface area (Å²) in [6.07, 6.45) is -0.692. The van der Waals surface area contributed by atoms with E-state index in [0.717, 1.165) is 0 Å². The molecule has 1 aromatic rings. The molecule has 1 rings (SSSR count). The summed E-state index contributed by atoms with van der Waals surface area (Å²) in [5.41, 5.74) is -0.300. The van der Waals surface area contributed by atoms with Crippen LogP contribution in [0.2, 0.25) is 0 Å². The Balaban J connectivity index is 2.87. The van der Waals surface area contributed by atoms with Gasteiger partial charge in [-0.15, -0.1) is 0 Å². The molecule has 1 atom stereocenters. The van der Waals surface area contributed by atoms with E-state index >= 15 is 0 Å². The van der Waals surface area contributed by atoms with Crippen molar-refractivity contribution in [1.29, 1.82) is 0 Å². The maximum atomic E-state index is 12.6. The molecule has 1 aromatic carbocycles. The van der Waals surface area contributed by atoms with Gasteiger partial charge in [-0.1, -0.05) is 34.1 Å². The van der Waals surface area contributed by atoms with Gasteiger partial charge in [-0.25, -0.2) is 9.59 Å². The molecule has 0 aliphatic heterocycles. The average molecular weight is 400 g/mol. The maximum Gasteiger partial charge on any atom is 0.408 e. The number of ketones is 1. The first-order chi connectivity index (χ1) is 11.2. The number of Topliss-reactive ketones (excluding diaryl/α,β-unsaturated/α-hetero) is 1. The Morgan fingerprint density at radius 2 is 1.75 bits per heavy atom. The third-order valence-corrected chi connectivity index (χ3v) is 3.17. The molecule has 0 heterocycles. The smallest absolute Gasteiger partial charge is 0.408 e. The summed E-state index contributed by atoms with van der Waals surface area (Å²) in [6, 6.07) is 5.50. The fourth-order valence-electron chi connectivity index (χ4n) is 1.87. The first-order valence-corrected chi connectivity index (χ1v) is 8.63. The molecule has 0 aliphatic rings. The number of hydrogen-bond donors (Lipinski definition) is 1. The van der Waals surface area contributed by atoms with Crippen molar-refractivity contribution in [2.75, 3.05) is 11.9 Å². The van der Waals surface area contributed by atoms with Crippen molar-refractivity contribution in [1.82, 2.24) is 5.32 Å². The van der Waals surface area contributed by atoms with Gasteiger partial charge in [0.1, 0.15) is 12.2 Å². The van der Waals surface area contributed by atoms with Gasteiger partial charge in [-0.2, -0.15) is 0 Å². The zero-order valence-electron chi connectivity index (χ0n) is 14.2. The normalized spacial score (nSPS) is 12.2. The highest BCUT2D eigenvalue weighted by molar-refractivity contribution is 9.09. The number of alkyl halides is 1. The van der Waals surface area contributed by atoms with E-state index in [4.69, 9.17) is 9.47 Å². The number of amides is 1. The van der Waals surface area contributed by atoms with Crippen LogP contribution in [-0.4, -0.2) is 41.4 Å². The van der Waals surface area contributed by atoms with Crippen LogP contribution in [0.3, 0.4) is 0 Å². The molecule has 0 unspecified atom stereocenters. The molecule has 132 valence electrons. The first-order valence-electron chi connectivity index (χ1n) is 7.51. The Morgan fingerprint density at radius 3 is 2.29 bits per heavy atom. The molecule has 0 radical (unpaired) electrons. The number of hydrogen-bond acceptors (Lipinski definition) is 5. The number of nitrogens with one attached hydrogen (secondary N) is 1. The lowest BCUT2D eigenvalue weighted by molar-refractivity contribution is 0.0496. The van der Waals surface area contributed by atoms with Crippen LogP contribution >= 0.6 is 15.9 Å². The second kappa shape index (κ2) is 8.82. The molecular formula is C17H22BrNO5. The van der Waals surface area contributed by atoms with Crippen molar-refractivity contribution in [2.24, 2.45) is 0 Å². The average Bonchev–Trinajstić information content (AvgIpc) is 2.49. The molecule has 7 heteroatoms. The van der Waals surface area contributed by atoms with Crippen molar-refractivity contribution >= 4 is 33.8 Å². The lowest BCUT2D eigenvalue weighted by Gasteiger charge is -2.21. The van der Waals surface area contributed by atoms with Crippen LogP contribution in [0.5, 0.6) is 0 Å². The van der Waals surface area contributed by atoms with Crippen molar-refractivity contribution in [3.05, 3.63) is 35.4 Å². The van der Waals surface area contributed by atoms with Gasteiger partial charge in [0.25, 0.3) is 0 Å². The van der Waals surface area contributed by atoms with Gasteiger partial charge in [0.2, 0.25) is 0 Å². The number of halogens is 1. The third-order valence-electron chi connectivity index (χ3n) is 2.85. The molecule has 0 saturated carbocycles. The molecule has 0 spiro atoms. The quantitative estimate of drug-likeness (QED) is 0.450. The van der Waals surface area contributed by atoms with E-state index in [-0.39, 0.29) is 17.7 Å². The summed E-state index contributed by atoms with van der Waals surface area (Å²) >= 11 is 3.17. The monoisotopic (exact) mass is 399 g/mol. The number of alkyl carbamates (subject to hydrolysis) is 1. The highest BCUT2D eigenvalue weighted by Crippen LogP contribution is 2.14. The van der Waals surface area contributed by atoms with E-state index in [2.05, 4.69) is 21.2 Å². The maximum absolute atomic E-state index is 12.6. The Morgan fingerprint density at radius 1 is 1.17 bits per heavy atom. The van der Waals surface area contributed by atoms with Gasteiger partial charge in [-0.05, 0) is 33.8 Å². The highest BCUT2D eigenvalue weighted by atomic mass is 79.9. The van der Waals surface area contributed by atoms with Gasteiger partial charge < -0.3 is 14.8 Å². The summed E-state index contributed by atoms with van der Waals surface area (Å²) in [4.78, 5) is 36.4. The van der Waals surface area contributed by atoms with Gasteiger partial charge in [0, 0.05) is 10.9 Å². The predicted octanol–water partition coefficient (Wildman–Crippen LogP) is 3.33. The summed E-state index contributed by atoms with van der Waals surface area (Å²) < 4.78 is 10.2. The van der Waals surface area contributed by atoms with E-state index in [1.165, 1.54) is 19.1 Å². The van der Waals surface area contributed by atoms with Crippen molar-refractivity contribution < 1.29 is 23.9 Å². The van der Waals surface area contributed by atoms with Crippen LogP contribution in [0.4, 0.5) is 4.79 Å². The standard InChI is InChI=1S/C17H22BrNO5/c1-11(19-16(22)24-17(2,3)4)14(20)12-7-5-6-8-13(12)15(21)23-10-9-18/h5-8,11H,9-10H2,1-4H3,(H,19,22)/t11-/m0/s1. The molecule has 6 nitrogen and oxygen atoms in total. The zero-order chi connectivity index (χ0) is 18.3. The van der Waals surface area contributed by atoms with Gasteiger partial charge in [-0.3, -0.25) is 4.79 Å². The number of rotatable bonds is 6. The van der Waals surface area contributed by atoms with E-state index in [1.807, 2.05) is 0 Å². The summed E-state index contributed by atoms with van der Waals surface area (Å²) in [7, 11) is 0. The van der Waals surface area contributed by atoms with Crippen LogP contribution in [0, 0.1) is 0 Å².